The topological polar surface area (TPSA) is 56.3 Å². The number of hydrogen-bond acceptors (Lipinski definition) is 6. The minimum absolute atomic E-state index is 0.558. The molecule has 0 spiro atoms. The highest BCUT2D eigenvalue weighted by Crippen LogP contribution is 2.25. The Morgan fingerprint density at radius 1 is 1.32 bits per heavy atom. The molecule has 5 nitrogen and oxygen atoms in total. The van der Waals surface area contributed by atoms with E-state index in [0.717, 1.165) is 29.4 Å². The molecule has 0 amide bonds. The van der Waals surface area contributed by atoms with Crippen molar-refractivity contribution in [2.24, 2.45) is 0 Å². The molecule has 0 bridgehead atoms. The maximum atomic E-state index is 5.69. The van der Waals surface area contributed by atoms with Crippen molar-refractivity contribution in [3.63, 3.8) is 0 Å². The number of aromatic nitrogens is 2. The van der Waals surface area contributed by atoms with Crippen LogP contribution in [0.3, 0.4) is 0 Å². The van der Waals surface area contributed by atoms with Crippen molar-refractivity contribution in [1.82, 2.24) is 15.5 Å². The van der Waals surface area contributed by atoms with E-state index in [9.17, 15) is 0 Å². The first-order valence-corrected chi connectivity index (χ1v) is 6.92. The smallest absolute Gasteiger partial charge is 0.299 e. The Bertz CT molecular complexity index is 516. The molecule has 2 rings (SSSR count). The first-order valence-electron chi connectivity index (χ1n) is 6.10. The van der Waals surface area contributed by atoms with Crippen LogP contribution in [0.1, 0.15) is 17.5 Å². The summed E-state index contributed by atoms with van der Waals surface area (Å²) in [6, 6.07) is 7.76. The predicted molar refractivity (Wildman–Crippen MR) is 74.5 cm³/mol. The molecule has 19 heavy (non-hydrogen) atoms. The standard InChI is InChI=1S/C13H17N3O2S/c1-3-14-8-12-15-16-13(19-12)18-11-6-4-5-10(7-11)9-17-2/h4-7,14H,3,8-9H2,1-2H3. The Morgan fingerprint density at radius 3 is 3.00 bits per heavy atom. The summed E-state index contributed by atoms with van der Waals surface area (Å²) >= 11 is 1.45. The van der Waals surface area contributed by atoms with Crippen LogP contribution in [0.25, 0.3) is 0 Å². The summed E-state index contributed by atoms with van der Waals surface area (Å²) in [5.74, 6) is 0.751. The Labute approximate surface area is 116 Å². The van der Waals surface area contributed by atoms with Crippen LogP contribution in [0.4, 0.5) is 0 Å². The number of hydrogen-bond donors (Lipinski definition) is 1. The number of benzene rings is 1. The van der Waals surface area contributed by atoms with Crippen LogP contribution in [0.15, 0.2) is 24.3 Å². The van der Waals surface area contributed by atoms with Gasteiger partial charge in [0.2, 0.25) is 0 Å². The van der Waals surface area contributed by atoms with Gasteiger partial charge in [0.1, 0.15) is 10.8 Å². The fourth-order valence-corrected chi connectivity index (χ4v) is 2.23. The molecule has 6 heteroatoms. The van der Waals surface area contributed by atoms with Crippen LogP contribution in [-0.2, 0) is 17.9 Å². The van der Waals surface area contributed by atoms with E-state index in [-0.39, 0.29) is 0 Å². The van der Waals surface area contributed by atoms with E-state index in [0.29, 0.717) is 11.8 Å². The van der Waals surface area contributed by atoms with E-state index in [1.54, 1.807) is 7.11 Å². The number of methoxy groups -OCH3 is 1. The molecule has 1 aromatic heterocycles. The van der Waals surface area contributed by atoms with Gasteiger partial charge in [-0.15, -0.1) is 5.10 Å². The lowest BCUT2D eigenvalue weighted by molar-refractivity contribution is 0.184. The van der Waals surface area contributed by atoms with Crippen LogP contribution < -0.4 is 10.1 Å². The summed E-state index contributed by atoms with van der Waals surface area (Å²) in [4.78, 5) is 0. The summed E-state index contributed by atoms with van der Waals surface area (Å²) in [6.45, 7) is 4.26. The van der Waals surface area contributed by atoms with E-state index in [1.807, 2.05) is 24.3 Å². The second-order valence-corrected chi connectivity index (χ2v) is 4.95. The summed E-state index contributed by atoms with van der Waals surface area (Å²) in [6.07, 6.45) is 0. The van der Waals surface area contributed by atoms with Crippen LogP contribution in [0.2, 0.25) is 0 Å². The molecule has 0 unspecified atom stereocenters. The van der Waals surface area contributed by atoms with Gasteiger partial charge in [-0.05, 0) is 24.2 Å². The van der Waals surface area contributed by atoms with Crippen molar-refractivity contribution in [3.05, 3.63) is 34.8 Å². The third kappa shape index (κ3) is 4.27. The van der Waals surface area contributed by atoms with Gasteiger partial charge in [0, 0.05) is 13.7 Å². The Hall–Kier alpha value is -1.50. The molecule has 0 saturated heterocycles. The SMILES string of the molecule is CCNCc1nnc(Oc2cccc(COC)c2)s1. The molecular formula is C13H17N3O2S. The molecular weight excluding hydrogens is 262 g/mol. The fraction of sp³-hybridized carbons (Fsp3) is 0.385. The van der Waals surface area contributed by atoms with E-state index < -0.39 is 0 Å². The number of nitrogens with one attached hydrogen (secondary N) is 1. The summed E-state index contributed by atoms with van der Waals surface area (Å²) in [5, 5.41) is 12.8. The minimum Gasteiger partial charge on any atom is -0.430 e. The third-order valence-corrected chi connectivity index (χ3v) is 3.19. The molecule has 0 aliphatic heterocycles. The zero-order valence-corrected chi connectivity index (χ0v) is 11.9. The number of ether oxygens (including phenoxy) is 2. The molecule has 0 fully saturated rings. The van der Waals surface area contributed by atoms with Crippen molar-refractivity contribution in [2.75, 3.05) is 13.7 Å². The molecule has 2 aromatic rings. The first-order chi connectivity index (χ1) is 9.31. The van der Waals surface area contributed by atoms with Crippen LogP contribution in [0, 0.1) is 0 Å². The van der Waals surface area contributed by atoms with Gasteiger partial charge in [0.05, 0.1) is 6.61 Å². The zero-order chi connectivity index (χ0) is 13.5. The molecule has 0 saturated carbocycles. The van der Waals surface area contributed by atoms with Gasteiger partial charge in [0.15, 0.2) is 0 Å². The maximum Gasteiger partial charge on any atom is 0.299 e. The Morgan fingerprint density at radius 2 is 2.21 bits per heavy atom. The molecule has 1 heterocycles. The quantitative estimate of drug-likeness (QED) is 0.844. The normalized spacial score (nSPS) is 10.6. The highest BCUT2D eigenvalue weighted by atomic mass is 32.1. The van der Waals surface area contributed by atoms with Crippen LogP contribution >= 0.6 is 11.3 Å². The highest BCUT2D eigenvalue weighted by Gasteiger charge is 2.06. The fourth-order valence-electron chi connectivity index (χ4n) is 1.55. The highest BCUT2D eigenvalue weighted by molar-refractivity contribution is 7.13. The lowest BCUT2D eigenvalue weighted by Crippen LogP contribution is -2.11. The first kappa shape index (κ1) is 13.9. The Balaban J connectivity index is 2.00. The molecule has 0 aliphatic rings. The van der Waals surface area contributed by atoms with Crippen molar-refractivity contribution >= 4 is 11.3 Å². The second kappa shape index (κ2) is 7.18. The van der Waals surface area contributed by atoms with Crippen LogP contribution in [-0.4, -0.2) is 23.9 Å². The monoisotopic (exact) mass is 279 g/mol. The third-order valence-electron chi connectivity index (χ3n) is 2.39. The van der Waals surface area contributed by atoms with Gasteiger partial charge < -0.3 is 14.8 Å². The average molecular weight is 279 g/mol. The zero-order valence-electron chi connectivity index (χ0n) is 11.0. The molecule has 0 radical (unpaired) electrons. The molecule has 0 atom stereocenters. The van der Waals surface area contributed by atoms with Crippen molar-refractivity contribution < 1.29 is 9.47 Å². The second-order valence-electron chi connectivity index (χ2n) is 3.92. The largest absolute Gasteiger partial charge is 0.430 e. The lowest BCUT2D eigenvalue weighted by Gasteiger charge is -2.03. The summed E-state index contributed by atoms with van der Waals surface area (Å²) < 4.78 is 10.8. The van der Waals surface area contributed by atoms with E-state index >= 15 is 0 Å². The molecule has 102 valence electrons. The van der Waals surface area contributed by atoms with Crippen molar-refractivity contribution in [1.29, 1.82) is 0 Å². The predicted octanol–water partition coefficient (Wildman–Crippen LogP) is 2.59. The summed E-state index contributed by atoms with van der Waals surface area (Å²) in [5.41, 5.74) is 1.07. The van der Waals surface area contributed by atoms with Crippen molar-refractivity contribution in [2.45, 2.75) is 20.1 Å². The maximum absolute atomic E-state index is 5.69. The van der Waals surface area contributed by atoms with Crippen LogP contribution in [0.5, 0.6) is 10.9 Å². The van der Waals surface area contributed by atoms with Gasteiger partial charge in [-0.25, -0.2) is 0 Å². The number of nitrogens with zero attached hydrogens (tertiary/aromatic N) is 2. The van der Waals surface area contributed by atoms with Gasteiger partial charge in [0.25, 0.3) is 5.19 Å². The van der Waals surface area contributed by atoms with E-state index in [1.165, 1.54) is 11.3 Å². The molecule has 1 N–H and O–H groups in total. The van der Waals surface area contributed by atoms with Crippen molar-refractivity contribution in [3.8, 4) is 10.9 Å². The van der Waals surface area contributed by atoms with Gasteiger partial charge in [-0.1, -0.05) is 35.5 Å². The van der Waals surface area contributed by atoms with E-state index in [4.69, 9.17) is 9.47 Å². The van der Waals surface area contributed by atoms with Gasteiger partial charge >= 0.3 is 0 Å². The average Bonchev–Trinajstić information content (AvgIpc) is 2.85. The molecule has 1 aromatic carbocycles. The number of rotatable bonds is 7. The van der Waals surface area contributed by atoms with Gasteiger partial charge in [-0.2, -0.15) is 0 Å². The Kier molecular flexibility index (Phi) is 5.26. The van der Waals surface area contributed by atoms with E-state index in [2.05, 4.69) is 22.4 Å². The van der Waals surface area contributed by atoms with Gasteiger partial charge in [-0.3, -0.25) is 0 Å². The minimum atomic E-state index is 0.558. The molecule has 0 aliphatic carbocycles. The lowest BCUT2D eigenvalue weighted by atomic mass is 10.2. The summed E-state index contributed by atoms with van der Waals surface area (Å²) in [7, 11) is 1.67.